The molecule has 2 aliphatic rings. The first-order valence-electron chi connectivity index (χ1n) is 9.60. The monoisotopic (exact) mass is 437 g/mol. The van der Waals surface area contributed by atoms with Gasteiger partial charge in [-0.05, 0) is 25.1 Å². The lowest BCUT2D eigenvalue weighted by atomic mass is 10.2. The molecule has 0 unspecified atom stereocenters. The van der Waals surface area contributed by atoms with E-state index in [4.69, 9.17) is 25.8 Å². The van der Waals surface area contributed by atoms with Crippen LogP contribution in [0.25, 0.3) is 0 Å². The number of nitrogens with zero attached hydrogens (tertiary/aromatic N) is 2. The van der Waals surface area contributed by atoms with E-state index in [1.54, 1.807) is 24.0 Å². The molecule has 2 saturated heterocycles. The Morgan fingerprint density at radius 3 is 2.40 bits per heavy atom. The zero-order chi connectivity index (χ0) is 21.9. The first-order chi connectivity index (χ1) is 14.2. The Hall–Kier alpha value is -2.94. The molecule has 162 valence electrons. The summed E-state index contributed by atoms with van der Waals surface area (Å²) in [6, 6.07) is 5.30. The van der Waals surface area contributed by atoms with Gasteiger partial charge in [0.25, 0.3) is 5.79 Å². The number of amides is 1. The lowest BCUT2D eigenvalue weighted by molar-refractivity contribution is -0.222. The summed E-state index contributed by atoms with van der Waals surface area (Å²) in [5.74, 6) is -2.80. The van der Waals surface area contributed by atoms with Gasteiger partial charge in [-0.2, -0.15) is 0 Å². The van der Waals surface area contributed by atoms with Gasteiger partial charge in [0, 0.05) is 51.9 Å². The molecule has 2 heterocycles. The Morgan fingerprint density at radius 1 is 1.20 bits per heavy atom. The van der Waals surface area contributed by atoms with Gasteiger partial charge in [0.1, 0.15) is 0 Å². The van der Waals surface area contributed by atoms with Crippen LogP contribution in [0, 0.1) is 0 Å². The summed E-state index contributed by atoms with van der Waals surface area (Å²) >= 11 is 6.44. The molecule has 0 radical (unpaired) electrons. The Balaban J connectivity index is 1.63. The molecule has 10 heteroatoms. The molecular formula is C20H24ClN3O6. The second-order valence-corrected chi connectivity index (χ2v) is 7.63. The summed E-state index contributed by atoms with van der Waals surface area (Å²) in [6.07, 6.45) is 0.933. The molecule has 0 aromatic heterocycles. The standard InChI is InChI=1S/C20H24ClN3O6/c1-4-28-19(27)24-9-7-23(8-10-24)16-6-5-13(11-15(16)21)22-12-14-17(25)29-20(2,3)30-18(14)26/h5-6,11-12,22H,4,7-10H2,1-3H3. The minimum Gasteiger partial charge on any atom is -0.450 e. The molecule has 1 amide bonds. The first kappa shape index (κ1) is 21.8. The molecule has 1 aromatic carbocycles. The number of anilines is 2. The molecule has 3 rings (SSSR count). The van der Waals surface area contributed by atoms with E-state index in [1.807, 2.05) is 6.07 Å². The quantitative estimate of drug-likeness (QED) is 0.436. The Labute approximate surface area is 179 Å². The Morgan fingerprint density at radius 2 is 1.83 bits per heavy atom. The zero-order valence-electron chi connectivity index (χ0n) is 17.1. The maximum absolute atomic E-state index is 12.0. The Kier molecular flexibility index (Phi) is 6.40. The topological polar surface area (TPSA) is 97.4 Å². The van der Waals surface area contributed by atoms with Gasteiger partial charge in [-0.15, -0.1) is 0 Å². The SMILES string of the molecule is CCOC(=O)N1CCN(c2ccc(NC=C3C(=O)OC(C)(C)OC3=O)cc2Cl)CC1. The number of carbonyl (C=O) groups is 3. The summed E-state index contributed by atoms with van der Waals surface area (Å²) in [7, 11) is 0. The Bertz CT molecular complexity index is 855. The molecule has 0 atom stereocenters. The normalized spacial score (nSPS) is 18.5. The molecule has 1 aromatic rings. The average molecular weight is 438 g/mol. The van der Waals surface area contributed by atoms with E-state index in [-0.39, 0.29) is 11.7 Å². The van der Waals surface area contributed by atoms with Crippen molar-refractivity contribution in [2.24, 2.45) is 0 Å². The van der Waals surface area contributed by atoms with E-state index >= 15 is 0 Å². The van der Waals surface area contributed by atoms with Crippen LogP contribution in [0.4, 0.5) is 16.2 Å². The minimum absolute atomic E-state index is 0.232. The van der Waals surface area contributed by atoms with Gasteiger partial charge in [0.15, 0.2) is 5.57 Å². The van der Waals surface area contributed by atoms with E-state index < -0.39 is 17.7 Å². The fourth-order valence-corrected chi connectivity index (χ4v) is 3.43. The highest BCUT2D eigenvalue weighted by Gasteiger charge is 2.39. The second-order valence-electron chi connectivity index (χ2n) is 7.22. The van der Waals surface area contributed by atoms with Crippen LogP contribution in [0.1, 0.15) is 20.8 Å². The van der Waals surface area contributed by atoms with Gasteiger partial charge in [0.2, 0.25) is 0 Å². The predicted molar refractivity (Wildman–Crippen MR) is 110 cm³/mol. The van der Waals surface area contributed by atoms with Gasteiger partial charge >= 0.3 is 18.0 Å². The molecule has 0 bridgehead atoms. The highest BCUT2D eigenvalue weighted by molar-refractivity contribution is 6.33. The molecule has 0 aliphatic carbocycles. The zero-order valence-corrected chi connectivity index (χ0v) is 17.8. The van der Waals surface area contributed by atoms with Crippen LogP contribution in [-0.4, -0.2) is 61.5 Å². The van der Waals surface area contributed by atoms with Crippen molar-refractivity contribution in [3.8, 4) is 0 Å². The van der Waals surface area contributed by atoms with Gasteiger partial charge in [0.05, 0.1) is 17.3 Å². The smallest absolute Gasteiger partial charge is 0.409 e. The maximum atomic E-state index is 12.0. The third-order valence-electron chi connectivity index (χ3n) is 4.59. The number of hydrogen-bond acceptors (Lipinski definition) is 8. The van der Waals surface area contributed by atoms with Crippen LogP contribution >= 0.6 is 11.6 Å². The fourth-order valence-electron chi connectivity index (χ4n) is 3.13. The number of piperazine rings is 1. The van der Waals surface area contributed by atoms with Crippen molar-refractivity contribution in [2.45, 2.75) is 26.6 Å². The summed E-state index contributed by atoms with van der Waals surface area (Å²) in [6.45, 7) is 7.44. The van der Waals surface area contributed by atoms with Gasteiger partial charge in [-0.3, -0.25) is 0 Å². The van der Waals surface area contributed by atoms with E-state index in [0.29, 0.717) is 43.5 Å². The van der Waals surface area contributed by atoms with Gasteiger partial charge in [-0.25, -0.2) is 14.4 Å². The van der Waals surface area contributed by atoms with Crippen molar-refractivity contribution < 1.29 is 28.6 Å². The molecule has 2 aliphatic heterocycles. The molecule has 1 N–H and O–H groups in total. The van der Waals surface area contributed by atoms with Crippen molar-refractivity contribution in [1.82, 2.24) is 4.90 Å². The van der Waals surface area contributed by atoms with E-state index in [1.165, 1.54) is 20.0 Å². The second kappa shape index (κ2) is 8.83. The number of hydrogen-bond donors (Lipinski definition) is 1. The third kappa shape index (κ3) is 4.96. The number of halogens is 1. The number of rotatable bonds is 4. The van der Waals surface area contributed by atoms with Crippen LogP contribution in [-0.2, 0) is 23.8 Å². The lowest BCUT2D eigenvalue weighted by Gasteiger charge is -2.35. The lowest BCUT2D eigenvalue weighted by Crippen LogP contribution is -2.49. The van der Waals surface area contributed by atoms with Crippen LogP contribution in [0.5, 0.6) is 0 Å². The van der Waals surface area contributed by atoms with E-state index in [9.17, 15) is 14.4 Å². The van der Waals surface area contributed by atoms with Crippen LogP contribution in [0.3, 0.4) is 0 Å². The largest absolute Gasteiger partial charge is 0.450 e. The molecule has 0 spiro atoms. The number of esters is 2. The van der Waals surface area contributed by atoms with Crippen LogP contribution < -0.4 is 10.2 Å². The van der Waals surface area contributed by atoms with Crippen molar-refractivity contribution in [3.63, 3.8) is 0 Å². The van der Waals surface area contributed by atoms with Crippen molar-refractivity contribution >= 4 is 41.0 Å². The molecule has 2 fully saturated rings. The van der Waals surface area contributed by atoms with Crippen molar-refractivity contribution in [1.29, 1.82) is 0 Å². The number of ether oxygens (including phenoxy) is 3. The average Bonchev–Trinajstić information content (AvgIpc) is 2.67. The van der Waals surface area contributed by atoms with Crippen LogP contribution in [0.15, 0.2) is 30.0 Å². The fraction of sp³-hybridized carbons (Fsp3) is 0.450. The van der Waals surface area contributed by atoms with E-state index in [0.717, 1.165) is 5.69 Å². The highest BCUT2D eigenvalue weighted by Crippen LogP contribution is 2.30. The minimum atomic E-state index is -1.28. The van der Waals surface area contributed by atoms with Gasteiger partial charge < -0.3 is 29.3 Å². The van der Waals surface area contributed by atoms with Crippen molar-refractivity contribution in [3.05, 3.63) is 35.0 Å². The molecule has 0 saturated carbocycles. The van der Waals surface area contributed by atoms with Gasteiger partial charge in [-0.1, -0.05) is 11.6 Å². The summed E-state index contributed by atoms with van der Waals surface area (Å²) in [5.41, 5.74) is 1.19. The summed E-state index contributed by atoms with van der Waals surface area (Å²) in [5, 5.41) is 3.37. The predicted octanol–water partition coefficient (Wildman–Crippen LogP) is 2.75. The molecular weight excluding hydrogens is 414 g/mol. The van der Waals surface area contributed by atoms with E-state index in [2.05, 4.69) is 10.2 Å². The number of carbonyl (C=O) groups excluding carboxylic acids is 3. The third-order valence-corrected chi connectivity index (χ3v) is 4.90. The first-order valence-corrected chi connectivity index (χ1v) is 9.97. The van der Waals surface area contributed by atoms with Crippen molar-refractivity contribution in [2.75, 3.05) is 43.0 Å². The number of benzene rings is 1. The number of nitrogens with one attached hydrogen (secondary N) is 1. The summed E-state index contributed by atoms with van der Waals surface area (Å²) < 4.78 is 15.1. The summed E-state index contributed by atoms with van der Waals surface area (Å²) in [4.78, 5) is 39.5. The maximum Gasteiger partial charge on any atom is 0.409 e. The molecule has 30 heavy (non-hydrogen) atoms. The molecule has 9 nitrogen and oxygen atoms in total. The number of cyclic esters (lactones) is 2. The highest BCUT2D eigenvalue weighted by atomic mass is 35.5. The van der Waals surface area contributed by atoms with Crippen LogP contribution in [0.2, 0.25) is 5.02 Å².